The van der Waals surface area contributed by atoms with Gasteiger partial charge in [0.1, 0.15) is 0 Å². The van der Waals surface area contributed by atoms with Gasteiger partial charge in [0.05, 0.1) is 0 Å². The van der Waals surface area contributed by atoms with E-state index in [1.165, 1.54) is 6.42 Å². The van der Waals surface area contributed by atoms with Crippen LogP contribution in [0.25, 0.3) is 0 Å². The standard InChI is InChI=1S/C8H16OS2/c1-2-4-7(10)5-3-6-8(9)11/h7,10H,2-6H2,1H3,(H,9,11). The maximum absolute atomic E-state index is 8.70. The summed E-state index contributed by atoms with van der Waals surface area (Å²) in [5, 5.41) is 9.31. The van der Waals surface area contributed by atoms with Crippen LogP contribution in [0.4, 0.5) is 0 Å². The Morgan fingerprint density at radius 2 is 2.18 bits per heavy atom. The van der Waals surface area contributed by atoms with Crippen LogP contribution in [-0.4, -0.2) is 15.4 Å². The smallest absolute Gasteiger partial charge is 0.156 e. The van der Waals surface area contributed by atoms with Gasteiger partial charge < -0.3 is 5.11 Å². The summed E-state index contributed by atoms with van der Waals surface area (Å²) in [6.45, 7) is 2.15. The zero-order valence-corrected chi connectivity index (χ0v) is 8.63. The Morgan fingerprint density at radius 3 is 2.64 bits per heavy atom. The maximum atomic E-state index is 8.70. The van der Waals surface area contributed by atoms with Gasteiger partial charge in [0.25, 0.3) is 0 Å². The molecule has 0 amide bonds. The van der Waals surface area contributed by atoms with E-state index in [9.17, 15) is 0 Å². The molecule has 0 bridgehead atoms. The van der Waals surface area contributed by atoms with Crippen molar-refractivity contribution in [2.75, 3.05) is 0 Å². The highest BCUT2D eigenvalue weighted by atomic mass is 32.1. The van der Waals surface area contributed by atoms with Gasteiger partial charge in [-0.2, -0.15) is 12.6 Å². The van der Waals surface area contributed by atoms with Crippen molar-refractivity contribution >= 4 is 29.9 Å². The second-order valence-corrected chi connectivity index (χ2v) is 3.93. The van der Waals surface area contributed by atoms with Gasteiger partial charge in [0.15, 0.2) is 5.05 Å². The summed E-state index contributed by atoms with van der Waals surface area (Å²) in [6.07, 6.45) is 5.00. The lowest BCUT2D eigenvalue weighted by atomic mass is 10.1. The van der Waals surface area contributed by atoms with Crippen molar-refractivity contribution < 1.29 is 5.11 Å². The van der Waals surface area contributed by atoms with E-state index < -0.39 is 0 Å². The Balaban J connectivity index is 3.16. The lowest BCUT2D eigenvalue weighted by Gasteiger charge is -2.07. The molecule has 0 fully saturated rings. The van der Waals surface area contributed by atoms with Crippen molar-refractivity contribution in [1.29, 1.82) is 0 Å². The Labute approximate surface area is 79.6 Å². The number of thiol groups is 1. The molecule has 66 valence electrons. The lowest BCUT2D eigenvalue weighted by molar-refractivity contribution is 0.536. The second-order valence-electron chi connectivity index (χ2n) is 2.73. The number of rotatable bonds is 6. The minimum atomic E-state index is 0.127. The van der Waals surface area contributed by atoms with Crippen LogP contribution in [0, 0.1) is 0 Å². The van der Waals surface area contributed by atoms with Crippen LogP contribution in [0.1, 0.15) is 39.0 Å². The molecule has 0 radical (unpaired) electrons. The normalized spacial score (nSPS) is 12.9. The minimum absolute atomic E-state index is 0.127. The third kappa shape index (κ3) is 8.14. The molecule has 0 spiro atoms. The molecule has 0 aliphatic rings. The third-order valence-corrected chi connectivity index (χ3v) is 2.27. The largest absolute Gasteiger partial charge is 0.502 e. The highest BCUT2D eigenvalue weighted by Gasteiger charge is 2.01. The second kappa shape index (κ2) is 6.92. The average molecular weight is 192 g/mol. The van der Waals surface area contributed by atoms with Gasteiger partial charge in [0.2, 0.25) is 0 Å². The van der Waals surface area contributed by atoms with Gasteiger partial charge in [-0.25, -0.2) is 0 Å². The van der Waals surface area contributed by atoms with Crippen molar-refractivity contribution in [1.82, 2.24) is 0 Å². The Hall–Kier alpha value is 0.240. The van der Waals surface area contributed by atoms with Crippen molar-refractivity contribution in [3.8, 4) is 0 Å². The first-order valence-corrected chi connectivity index (χ1v) is 4.99. The molecule has 1 atom stereocenters. The van der Waals surface area contributed by atoms with Gasteiger partial charge >= 0.3 is 0 Å². The monoisotopic (exact) mass is 192 g/mol. The molecular formula is C8H16OS2. The highest BCUT2D eigenvalue weighted by molar-refractivity contribution is 7.81. The molecule has 0 aliphatic carbocycles. The van der Waals surface area contributed by atoms with E-state index in [4.69, 9.17) is 5.11 Å². The molecule has 3 heteroatoms. The van der Waals surface area contributed by atoms with Crippen LogP contribution in [0.15, 0.2) is 0 Å². The van der Waals surface area contributed by atoms with Crippen LogP contribution < -0.4 is 0 Å². The summed E-state index contributed by atoms with van der Waals surface area (Å²) in [5.41, 5.74) is 0. The fraction of sp³-hybridized carbons (Fsp3) is 0.875. The van der Waals surface area contributed by atoms with Crippen LogP contribution in [-0.2, 0) is 0 Å². The van der Waals surface area contributed by atoms with Crippen molar-refractivity contribution in [3.63, 3.8) is 0 Å². The molecule has 1 N–H and O–H groups in total. The predicted octanol–water partition coefficient (Wildman–Crippen LogP) is 3.14. The summed E-state index contributed by atoms with van der Waals surface area (Å²) in [5.74, 6) is 0. The van der Waals surface area contributed by atoms with E-state index in [-0.39, 0.29) is 5.05 Å². The van der Waals surface area contributed by atoms with Crippen molar-refractivity contribution in [3.05, 3.63) is 0 Å². The zero-order chi connectivity index (χ0) is 8.69. The van der Waals surface area contributed by atoms with Crippen LogP contribution in [0.5, 0.6) is 0 Å². The van der Waals surface area contributed by atoms with E-state index in [0.29, 0.717) is 11.7 Å². The van der Waals surface area contributed by atoms with E-state index in [2.05, 4.69) is 31.8 Å². The quantitative estimate of drug-likeness (QED) is 0.498. The molecule has 0 aliphatic heterocycles. The van der Waals surface area contributed by atoms with Crippen LogP contribution in [0.2, 0.25) is 0 Å². The van der Waals surface area contributed by atoms with Gasteiger partial charge in [-0.15, -0.1) is 0 Å². The molecule has 0 aromatic rings. The molecule has 0 heterocycles. The Morgan fingerprint density at radius 1 is 1.55 bits per heavy atom. The Kier molecular flexibility index (Phi) is 7.07. The van der Waals surface area contributed by atoms with Crippen LogP contribution in [0.3, 0.4) is 0 Å². The van der Waals surface area contributed by atoms with Crippen molar-refractivity contribution in [2.24, 2.45) is 0 Å². The molecule has 1 nitrogen and oxygen atoms in total. The number of aliphatic hydroxyl groups is 1. The summed E-state index contributed by atoms with van der Waals surface area (Å²) in [4.78, 5) is 0. The SMILES string of the molecule is CCCC(S)CCCC(O)=S. The third-order valence-electron chi connectivity index (χ3n) is 1.55. The maximum Gasteiger partial charge on any atom is 0.156 e. The molecule has 11 heavy (non-hydrogen) atoms. The predicted molar refractivity (Wildman–Crippen MR) is 56.8 cm³/mol. The Bertz CT molecular complexity index is 115. The van der Waals surface area contributed by atoms with Gasteiger partial charge in [-0.3, -0.25) is 0 Å². The lowest BCUT2D eigenvalue weighted by Crippen LogP contribution is -1.99. The van der Waals surface area contributed by atoms with Gasteiger partial charge in [0, 0.05) is 11.7 Å². The van der Waals surface area contributed by atoms with Gasteiger partial charge in [-0.05, 0) is 31.5 Å². The summed E-state index contributed by atoms with van der Waals surface area (Å²) < 4.78 is 0. The van der Waals surface area contributed by atoms with E-state index in [0.717, 1.165) is 19.3 Å². The molecule has 1 unspecified atom stereocenters. The summed E-state index contributed by atoms with van der Waals surface area (Å²) in [7, 11) is 0. The first kappa shape index (κ1) is 11.2. The number of hydrogen-bond acceptors (Lipinski definition) is 2. The number of aliphatic hydroxyl groups excluding tert-OH is 1. The summed E-state index contributed by atoms with van der Waals surface area (Å²) in [6, 6.07) is 0. The fourth-order valence-corrected chi connectivity index (χ4v) is 1.55. The number of hydrogen-bond donors (Lipinski definition) is 2. The molecule has 0 saturated carbocycles. The van der Waals surface area contributed by atoms with E-state index in [1.54, 1.807) is 0 Å². The first-order valence-electron chi connectivity index (χ1n) is 4.06. The minimum Gasteiger partial charge on any atom is -0.502 e. The molecular weight excluding hydrogens is 176 g/mol. The molecule has 0 saturated heterocycles. The van der Waals surface area contributed by atoms with Crippen LogP contribution >= 0.6 is 24.8 Å². The van der Waals surface area contributed by atoms with E-state index in [1.807, 2.05) is 0 Å². The van der Waals surface area contributed by atoms with Gasteiger partial charge in [-0.1, -0.05) is 13.3 Å². The van der Waals surface area contributed by atoms with Crippen molar-refractivity contribution in [2.45, 2.75) is 44.3 Å². The zero-order valence-electron chi connectivity index (χ0n) is 6.92. The average Bonchev–Trinajstić information content (AvgIpc) is 1.87. The topological polar surface area (TPSA) is 20.2 Å². The number of thiocarbonyl (C=S) groups is 1. The molecule has 0 rings (SSSR count). The van der Waals surface area contributed by atoms with E-state index >= 15 is 0 Å². The summed E-state index contributed by atoms with van der Waals surface area (Å²) >= 11 is 8.93. The highest BCUT2D eigenvalue weighted by Crippen LogP contribution is 2.12. The first-order chi connectivity index (χ1) is 5.16. The molecule has 0 aromatic heterocycles. The molecule has 0 aromatic carbocycles. The fourth-order valence-electron chi connectivity index (χ4n) is 0.966.